The smallest absolute Gasteiger partial charge is 0.257 e. The van der Waals surface area contributed by atoms with Gasteiger partial charge in [0, 0.05) is 31.6 Å². The zero-order chi connectivity index (χ0) is 22.3. The molecule has 2 aromatic rings. The molecule has 0 aromatic heterocycles. The predicted molar refractivity (Wildman–Crippen MR) is 121 cm³/mol. The average molecular weight is 437 g/mol. The molecule has 2 unspecified atom stereocenters. The lowest BCUT2D eigenvalue weighted by molar-refractivity contribution is -0.147. The Morgan fingerprint density at radius 1 is 1.12 bits per heavy atom. The lowest BCUT2D eigenvalue weighted by Gasteiger charge is -2.33. The van der Waals surface area contributed by atoms with Gasteiger partial charge in [0.25, 0.3) is 5.91 Å². The summed E-state index contributed by atoms with van der Waals surface area (Å²) in [6.07, 6.45) is 3.91. The quantitative estimate of drug-likeness (QED) is 0.622. The van der Waals surface area contributed by atoms with Crippen LogP contribution in [0.4, 0.5) is 0 Å². The third-order valence-corrected chi connectivity index (χ3v) is 7.72. The van der Waals surface area contributed by atoms with Crippen LogP contribution in [0.5, 0.6) is 11.5 Å². The predicted octanol–water partition coefficient (Wildman–Crippen LogP) is 3.03. The highest BCUT2D eigenvalue weighted by atomic mass is 16.5. The molecule has 0 spiro atoms. The van der Waals surface area contributed by atoms with Crippen LogP contribution in [0.15, 0.2) is 48.5 Å². The Morgan fingerprint density at radius 2 is 1.81 bits per heavy atom. The molecule has 2 saturated carbocycles. The van der Waals surface area contributed by atoms with Gasteiger partial charge in [-0.05, 0) is 47.9 Å². The number of phenolic OH excluding ortho intramolecular Hbond substituents is 1. The number of fused-ring (bicyclic) bond motifs is 1. The lowest BCUT2D eigenvalue weighted by Crippen LogP contribution is -2.50. The number of benzene rings is 2. The fourth-order valence-electron chi connectivity index (χ4n) is 5.88. The maximum atomic E-state index is 13.4. The molecule has 0 bridgehead atoms. The maximum Gasteiger partial charge on any atom is 0.257 e. The Kier molecular flexibility index (Phi) is 5.59. The molecule has 170 valence electrons. The molecule has 32 heavy (non-hydrogen) atoms. The number of phenols is 1. The molecule has 3 aliphatic rings. The number of rotatable bonds is 7. The summed E-state index contributed by atoms with van der Waals surface area (Å²) in [7, 11) is 1.55. The van der Waals surface area contributed by atoms with E-state index in [0.717, 1.165) is 50.9 Å². The van der Waals surface area contributed by atoms with Crippen LogP contribution in [0, 0.1) is 17.8 Å². The highest BCUT2D eigenvalue weighted by Gasteiger charge is 2.58. The van der Waals surface area contributed by atoms with Gasteiger partial charge in [0.15, 0.2) is 17.1 Å². The minimum atomic E-state index is -1.45. The van der Waals surface area contributed by atoms with Crippen LogP contribution in [-0.2, 0) is 16.9 Å². The highest BCUT2D eigenvalue weighted by Crippen LogP contribution is 2.47. The van der Waals surface area contributed by atoms with Crippen molar-refractivity contribution in [3.63, 3.8) is 0 Å². The number of likely N-dealkylation sites (tertiary alicyclic amines) is 1. The van der Waals surface area contributed by atoms with Crippen molar-refractivity contribution in [2.24, 2.45) is 17.8 Å². The summed E-state index contributed by atoms with van der Waals surface area (Å²) in [5.74, 6) is 1.25. The summed E-state index contributed by atoms with van der Waals surface area (Å²) in [6.45, 7) is 2.64. The van der Waals surface area contributed by atoms with Gasteiger partial charge in [0.05, 0.1) is 7.11 Å². The van der Waals surface area contributed by atoms with Gasteiger partial charge in [-0.2, -0.15) is 0 Å². The van der Waals surface area contributed by atoms with Crippen molar-refractivity contribution in [3.8, 4) is 11.5 Å². The van der Waals surface area contributed by atoms with Crippen LogP contribution in [0.1, 0.15) is 36.8 Å². The molecular weight excluding hydrogens is 404 g/mol. The van der Waals surface area contributed by atoms with Crippen LogP contribution in [0.3, 0.4) is 0 Å². The summed E-state index contributed by atoms with van der Waals surface area (Å²) in [5, 5.41) is 24.7. The minimum absolute atomic E-state index is 0.0236. The Hall–Kier alpha value is -2.57. The SMILES string of the molecule is COc1cc(CN2C[C@@H]3C(NC(=O)C(O)(c4ccccc4)C4CCCC4)[C@@H]3C2)ccc1O. The molecule has 6 heteroatoms. The first-order valence-electron chi connectivity index (χ1n) is 11.7. The van der Waals surface area contributed by atoms with Gasteiger partial charge >= 0.3 is 0 Å². The monoisotopic (exact) mass is 436 g/mol. The Labute approximate surface area is 189 Å². The molecule has 3 fully saturated rings. The lowest BCUT2D eigenvalue weighted by atomic mass is 9.79. The zero-order valence-electron chi connectivity index (χ0n) is 18.5. The third-order valence-electron chi connectivity index (χ3n) is 7.72. The molecule has 2 aliphatic carbocycles. The van der Waals surface area contributed by atoms with E-state index in [0.29, 0.717) is 23.1 Å². The van der Waals surface area contributed by atoms with Gasteiger partial charge in [-0.15, -0.1) is 0 Å². The van der Waals surface area contributed by atoms with Crippen LogP contribution in [0.25, 0.3) is 0 Å². The molecule has 4 atom stereocenters. The highest BCUT2D eigenvalue weighted by molar-refractivity contribution is 5.87. The van der Waals surface area contributed by atoms with Gasteiger partial charge in [-0.1, -0.05) is 49.2 Å². The number of nitrogens with zero attached hydrogens (tertiary/aromatic N) is 1. The van der Waals surface area contributed by atoms with Crippen molar-refractivity contribution < 1.29 is 19.7 Å². The molecule has 1 saturated heterocycles. The van der Waals surface area contributed by atoms with E-state index in [4.69, 9.17) is 4.74 Å². The van der Waals surface area contributed by atoms with E-state index >= 15 is 0 Å². The molecule has 3 N–H and O–H groups in total. The molecule has 6 nitrogen and oxygen atoms in total. The van der Waals surface area contributed by atoms with Crippen molar-refractivity contribution in [1.29, 1.82) is 0 Å². The standard InChI is InChI=1S/C26H32N2O4/c1-32-23-13-17(11-12-22(23)29)14-28-15-20-21(16-28)24(20)27-25(30)26(31,19-9-5-6-10-19)18-7-3-2-4-8-18/h2-4,7-8,11-13,19-21,24,29,31H,5-6,9-10,14-16H2,1H3,(H,27,30)/t20-,21+,24?,26?. The molecule has 1 aliphatic heterocycles. The molecule has 2 aromatic carbocycles. The summed E-state index contributed by atoms with van der Waals surface area (Å²) in [6, 6.07) is 15.1. The normalized spacial score (nSPS) is 27.0. The topological polar surface area (TPSA) is 82.0 Å². The number of aliphatic hydroxyl groups is 1. The number of carbonyl (C=O) groups excluding carboxylic acids is 1. The second-order valence-corrected chi connectivity index (χ2v) is 9.64. The fraction of sp³-hybridized carbons (Fsp3) is 0.500. The first kappa shape index (κ1) is 21.3. The number of amides is 1. The Bertz CT molecular complexity index is 963. The first-order valence-corrected chi connectivity index (χ1v) is 11.7. The van der Waals surface area contributed by atoms with E-state index in [1.807, 2.05) is 42.5 Å². The molecule has 5 rings (SSSR count). The number of hydrogen-bond acceptors (Lipinski definition) is 5. The number of aromatic hydroxyl groups is 1. The van der Waals surface area contributed by atoms with Gasteiger partial charge in [0.2, 0.25) is 0 Å². The van der Waals surface area contributed by atoms with E-state index in [9.17, 15) is 15.0 Å². The van der Waals surface area contributed by atoms with Crippen LogP contribution in [0.2, 0.25) is 0 Å². The Morgan fingerprint density at radius 3 is 2.47 bits per heavy atom. The summed E-state index contributed by atoms with van der Waals surface area (Å²) in [4.78, 5) is 15.8. The summed E-state index contributed by atoms with van der Waals surface area (Å²) in [5.41, 5.74) is 0.357. The van der Waals surface area contributed by atoms with E-state index in [-0.39, 0.29) is 23.6 Å². The van der Waals surface area contributed by atoms with Crippen LogP contribution < -0.4 is 10.1 Å². The summed E-state index contributed by atoms with van der Waals surface area (Å²) < 4.78 is 5.21. The number of ether oxygens (including phenoxy) is 1. The zero-order valence-corrected chi connectivity index (χ0v) is 18.5. The number of carbonyl (C=O) groups is 1. The van der Waals surface area contributed by atoms with Crippen molar-refractivity contribution in [2.75, 3.05) is 20.2 Å². The van der Waals surface area contributed by atoms with Crippen LogP contribution in [-0.4, -0.2) is 47.3 Å². The second-order valence-electron chi connectivity index (χ2n) is 9.64. The molecule has 0 radical (unpaired) electrons. The van der Waals surface area contributed by atoms with Crippen molar-refractivity contribution in [2.45, 2.75) is 43.9 Å². The van der Waals surface area contributed by atoms with E-state index < -0.39 is 5.60 Å². The van der Waals surface area contributed by atoms with E-state index in [2.05, 4.69) is 10.2 Å². The van der Waals surface area contributed by atoms with Crippen molar-refractivity contribution >= 4 is 5.91 Å². The molecular formula is C26H32N2O4. The van der Waals surface area contributed by atoms with Crippen molar-refractivity contribution in [3.05, 3.63) is 59.7 Å². The van der Waals surface area contributed by atoms with Crippen LogP contribution >= 0.6 is 0 Å². The van der Waals surface area contributed by atoms with Crippen molar-refractivity contribution in [1.82, 2.24) is 10.2 Å². The van der Waals surface area contributed by atoms with Gasteiger partial charge in [-0.25, -0.2) is 0 Å². The largest absolute Gasteiger partial charge is 0.504 e. The summed E-state index contributed by atoms with van der Waals surface area (Å²) >= 11 is 0. The Balaban J connectivity index is 1.21. The fourth-order valence-corrected chi connectivity index (χ4v) is 5.88. The average Bonchev–Trinajstić information content (AvgIpc) is 3.23. The number of nitrogens with one attached hydrogen (secondary N) is 1. The molecule has 1 heterocycles. The van der Waals surface area contributed by atoms with E-state index in [1.165, 1.54) is 0 Å². The van der Waals surface area contributed by atoms with Gasteiger partial charge in [0.1, 0.15) is 0 Å². The number of piperidine rings is 1. The maximum absolute atomic E-state index is 13.4. The number of methoxy groups -OCH3 is 1. The molecule has 1 amide bonds. The minimum Gasteiger partial charge on any atom is -0.504 e. The second kappa shape index (κ2) is 8.41. The van der Waals surface area contributed by atoms with E-state index in [1.54, 1.807) is 13.2 Å². The van der Waals surface area contributed by atoms with Gasteiger partial charge < -0.3 is 20.3 Å². The third kappa shape index (κ3) is 3.76. The number of hydrogen-bond donors (Lipinski definition) is 3. The van der Waals surface area contributed by atoms with Gasteiger partial charge in [-0.3, -0.25) is 9.69 Å². The first-order chi connectivity index (χ1) is 15.5.